The van der Waals surface area contributed by atoms with Gasteiger partial charge in [0, 0.05) is 41.6 Å². The molecule has 0 radical (unpaired) electrons. The number of ether oxygens (including phenoxy) is 1. The second kappa shape index (κ2) is 7.20. The molecular formula is C15H15BrN4O2S. The highest BCUT2D eigenvalue weighted by molar-refractivity contribution is 9.10. The Bertz CT molecular complexity index is 830. The smallest absolute Gasteiger partial charge is 0.227 e. The average molecular weight is 395 g/mol. The minimum atomic E-state index is -0.0796. The van der Waals surface area contributed by atoms with E-state index in [0.29, 0.717) is 24.7 Å². The van der Waals surface area contributed by atoms with Crippen LogP contribution in [0.15, 0.2) is 34.9 Å². The van der Waals surface area contributed by atoms with E-state index in [9.17, 15) is 4.79 Å². The molecule has 1 N–H and O–H groups in total. The number of aryl methyl sites for hydroxylation is 1. The van der Waals surface area contributed by atoms with Gasteiger partial charge in [0.2, 0.25) is 11.0 Å². The van der Waals surface area contributed by atoms with Crippen molar-refractivity contribution in [2.75, 3.05) is 12.4 Å². The quantitative estimate of drug-likeness (QED) is 0.695. The fourth-order valence-electron chi connectivity index (χ4n) is 2.26. The van der Waals surface area contributed by atoms with Crippen molar-refractivity contribution < 1.29 is 9.53 Å². The number of carbonyl (C=O) groups excluding carboxylic acids is 1. The minimum Gasteiger partial charge on any atom is -0.377 e. The van der Waals surface area contributed by atoms with Crippen LogP contribution in [0.2, 0.25) is 0 Å². The maximum atomic E-state index is 12.0. The molecule has 0 fully saturated rings. The maximum Gasteiger partial charge on any atom is 0.227 e. The normalized spacial score (nSPS) is 11.0. The summed E-state index contributed by atoms with van der Waals surface area (Å²) < 4.78 is 8.09. The van der Waals surface area contributed by atoms with Crippen LogP contribution in [0.25, 0.3) is 10.9 Å². The van der Waals surface area contributed by atoms with Gasteiger partial charge in [0.1, 0.15) is 11.6 Å². The lowest BCUT2D eigenvalue weighted by atomic mass is 10.2. The second-order valence-electron chi connectivity index (χ2n) is 4.94. The number of rotatable bonds is 6. The van der Waals surface area contributed by atoms with Crippen LogP contribution >= 0.6 is 27.3 Å². The molecule has 0 aliphatic rings. The number of amides is 1. The summed E-state index contributed by atoms with van der Waals surface area (Å²) in [4.78, 5) is 12.0. The zero-order valence-corrected chi connectivity index (χ0v) is 14.9. The highest BCUT2D eigenvalue weighted by atomic mass is 79.9. The third kappa shape index (κ3) is 3.95. The molecule has 120 valence electrons. The zero-order valence-electron chi connectivity index (χ0n) is 12.5. The van der Waals surface area contributed by atoms with E-state index in [1.807, 2.05) is 24.4 Å². The fraction of sp³-hybridized carbons (Fsp3) is 0.267. The standard InChI is InChI=1S/C15H15BrN4O2S/c1-22-9-14-18-19-15(23-14)17-13(21)5-7-20-6-4-10-8-11(16)2-3-12(10)20/h2-4,6,8H,5,7,9H2,1H3,(H,17,19,21). The molecule has 1 aromatic carbocycles. The van der Waals surface area contributed by atoms with E-state index in [2.05, 4.69) is 42.1 Å². The molecular weight excluding hydrogens is 380 g/mol. The van der Waals surface area contributed by atoms with Crippen molar-refractivity contribution in [3.63, 3.8) is 0 Å². The number of hydrogen-bond acceptors (Lipinski definition) is 5. The van der Waals surface area contributed by atoms with Crippen LogP contribution < -0.4 is 5.32 Å². The molecule has 0 saturated heterocycles. The Kier molecular flexibility index (Phi) is 5.04. The topological polar surface area (TPSA) is 69.0 Å². The summed E-state index contributed by atoms with van der Waals surface area (Å²) in [6.07, 6.45) is 2.37. The SMILES string of the molecule is COCc1nnc(NC(=O)CCn2ccc3cc(Br)ccc32)s1. The van der Waals surface area contributed by atoms with Gasteiger partial charge in [-0.3, -0.25) is 4.79 Å². The van der Waals surface area contributed by atoms with Crippen molar-refractivity contribution in [2.45, 2.75) is 19.6 Å². The van der Waals surface area contributed by atoms with Crippen molar-refractivity contribution in [1.82, 2.24) is 14.8 Å². The summed E-state index contributed by atoms with van der Waals surface area (Å²) in [5.74, 6) is -0.0796. The highest BCUT2D eigenvalue weighted by Gasteiger charge is 2.09. The van der Waals surface area contributed by atoms with Gasteiger partial charge in [-0.25, -0.2) is 0 Å². The first-order chi connectivity index (χ1) is 11.2. The Labute approximate surface area is 145 Å². The number of anilines is 1. The summed E-state index contributed by atoms with van der Waals surface area (Å²) in [5.41, 5.74) is 1.11. The van der Waals surface area contributed by atoms with E-state index in [1.165, 1.54) is 11.3 Å². The van der Waals surface area contributed by atoms with Crippen molar-refractivity contribution in [3.05, 3.63) is 39.9 Å². The number of halogens is 1. The molecule has 0 unspecified atom stereocenters. The van der Waals surface area contributed by atoms with Crippen molar-refractivity contribution in [2.24, 2.45) is 0 Å². The molecule has 2 aromatic heterocycles. The van der Waals surface area contributed by atoms with E-state index in [1.54, 1.807) is 7.11 Å². The van der Waals surface area contributed by atoms with Crippen LogP contribution in [-0.2, 0) is 22.7 Å². The number of benzene rings is 1. The van der Waals surface area contributed by atoms with Gasteiger partial charge in [0.25, 0.3) is 0 Å². The predicted molar refractivity (Wildman–Crippen MR) is 93.5 cm³/mol. The fourth-order valence-corrected chi connectivity index (χ4v) is 3.36. The molecule has 23 heavy (non-hydrogen) atoms. The first-order valence-corrected chi connectivity index (χ1v) is 8.62. The summed E-state index contributed by atoms with van der Waals surface area (Å²) in [7, 11) is 1.60. The van der Waals surface area contributed by atoms with E-state index in [-0.39, 0.29) is 5.91 Å². The van der Waals surface area contributed by atoms with Gasteiger partial charge in [-0.1, -0.05) is 27.3 Å². The Balaban J connectivity index is 1.59. The number of methoxy groups -OCH3 is 1. The molecule has 1 amide bonds. The van der Waals surface area contributed by atoms with Crippen molar-refractivity contribution in [1.29, 1.82) is 0 Å². The van der Waals surface area contributed by atoms with Gasteiger partial charge < -0.3 is 14.6 Å². The van der Waals surface area contributed by atoms with E-state index < -0.39 is 0 Å². The maximum absolute atomic E-state index is 12.0. The second-order valence-corrected chi connectivity index (χ2v) is 6.92. The van der Waals surface area contributed by atoms with Gasteiger partial charge in [-0.2, -0.15) is 0 Å². The van der Waals surface area contributed by atoms with E-state index in [4.69, 9.17) is 4.74 Å². The molecule has 0 saturated carbocycles. The zero-order chi connectivity index (χ0) is 16.2. The summed E-state index contributed by atoms with van der Waals surface area (Å²) >= 11 is 4.78. The Morgan fingerprint density at radius 2 is 2.26 bits per heavy atom. The van der Waals surface area contributed by atoms with Gasteiger partial charge >= 0.3 is 0 Å². The van der Waals surface area contributed by atoms with Gasteiger partial charge in [-0.05, 0) is 24.3 Å². The molecule has 3 aromatic rings. The number of nitrogens with zero attached hydrogens (tertiary/aromatic N) is 3. The van der Waals surface area contributed by atoms with E-state index in [0.717, 1.165) is 20.4 Å². The summed E-state index contributed by atoms with van der Waals surface area (Å²) in [5, 5.41) is 13.0. The third-order valence-electron chi connectivity index (χ3n) is 3.29. The van der Waals surface area contributed by atoms with Gasteiger partial charge in [0.15, 0.2) is 0 Å². The number of nitrogens with one attached hydrogen (secondary N) is 1. The monoisotopic (exact) mass is 394 g/mol. The molecule has 6 nitrogen and oxygen atoms in total. The van der Waals surface area contributed by atoms with Crippen LogP contribution in [0.4, 0.5) is 5.13 Å². The Morgan fingerprint density at radius 1 is 1.39 bits per heavy atom. The molecule has 0 bridgehead atoms. The lowest BCUT2D eigenvalue weighted by Gasteiger charge is -2.05. The van der Waals surface area contributed by atoms with Crippen molar-refractivity contribution >= 4 is 49.2 Å². The number of aromatic nitrogens is 3. The molecule has 0 aliphatic carbocycles. The van der Waals surface area contributed by atoms with Crippen LogP contribution in [0, 0.1) is 0 Å². The summed E-state index contributed by atoms with van der Waals surface area (Å²) in [6, 6.07) is 8.14. The lowest BCUT2D eigenvalue weighted by molar-refractivity contribution is -0.116. The Morgan fingerprint density at radius 3 is 3.09 bits per heavy atom. The highest BCUT2D eigenvalue weighted by Crippen LogP contribution is 2.21. The van der Waals surface area contributed by atoms with Gasteiger partial charge in [0.05, 0.1) is 0 Å². The van der Waals surface area contributed by atoms with Crippen molar-refractivity contribution in [3.8, 4) is 0 Å². The van der Waals surface area contributed by atoms with Gasteiger partial charge in [-0.15, -0.1) is 10.2 Å². The van der Waals surface area contributed by atoms with Crippen LogP contribution in [0.3, 0.4) is 0 Å². The predicted octanol–water partition coefficient (Wildman–Crippen LogP) is 3.43. The van der Waals surface area contributed by atoms with Crippen LogP contribution in [0.5, 0.6) is 0 Å². The Hall–Kier alpha value is -1.77. The number of carbonyl (C=O) groups is 1. The number of hydrogen-bond donors (Lipinski definition) is 1. The lowest BCUT2D eigenvalue weighted by Crippen LogP contribution is -2.14. The first-order valence-electron chi connectivity index (χ1n) is 7.01. The minimum absolute atomic E-state index is 0.0796. The third-order valence-corrected chi connectivity index (χ3v) is 4.60. The molecule has 0 atom stereocenters. The van der Waals surface area contributed by atoms with Crippen LogP contribution in [0.1, 0.15) is 11.4 Å². The molecule has 0 aliphatic heterocycles. The average Bonchev–Trinajstić information content (AvgIpc) is 3.12. The summed E-state index contributed by atoms with van der Waals surface area (Å²) in [6.45, 7) is 1.01. The number of fused-ring (bicyclic) bond motifs is 1. The van der Waals surface area contributed by atoms with E-state index >= 15 is 0 Å². The first kappa shape index (κ1) is 16.1. The molecule has 3 rings (SSSR count). The molecule has 0 spiro atoms. The van der Waals surface area contributed by atoms with Crippen LogP contribution in [-0.4, -0.2) is 27.8 Å². The largest absolute Gasteiger partial charge is 0.377 e. The molecule has 2 heterocycles. The molecule has 8 heteroatoms.